The molecule has 1 N–H and O–H groups in total. The van der Waals surface area contributed by atoms with Crippen molar-refractivity contribution in [3.05, 3.63) is 59.7 Å². The lowest BCUT2D eigenvalue weighted by molar-refractivity contribution is 0.0697. The normalized spacial score (nSPS) is 14.0. The average Bonchev–Trinajstić information content (AvgIpc) is 2.47. The van der Waals surface area contributed by atoms with E-state index in [0.717, 1.165) is 25.1 Å². The van der Waals surface area contributed by atoms with Crippen LogP contribution < -0.4 is 4.90 Å². The Bertz CT molecular complexity index is 604. The van der Waals surface area contributed by atoms with Gasteiger partial charge in [-0.15, -0.1) is 0 Å². The number of carbonyl (C=O) groups is 1. The largest absolute Gasteiger partial charge is 0.478 e. The zero-order valence-corrected chi connectivity index (χ0v) is 10.5. The Morgan fingerprint density at radius 1 is 1.05 bits per heavy atom. The summed E-state index contributed by atoms with van der Waals surface area (Å²) in [6, 6.07) is 15.5. The first kappa shape index (κ1) is 11.8. The van der Waals surface area contributed by atoms with Crippen LogP contribution in [0.3, 0.4) is 0 Å². The molecule has 3 rings (SSSR count). The van der Waals surface area contributed by atoms with Crippen molar-refractivity contribution in [3.63, 3.8) is 0 Å². The zero-order valence-electron chi connectivity index (χ0n) is 10.5. The Labute approximate surface area is 112 Å². The number of hydrogen-bond donors (Lipinski definition) is 1. The number of carboxylic acid groups (broad SMARTS) is 1. The molecule has 2 aromatic carbocycles. The molecule has 0 fully saturated rings. The van der Waals surface area contributed by atoms with Crippen LogP contribution in [0.15, 0.2) is 48.5 Å². The minimum Gasteiger partial charge on any atom is -0.478 e. The summed E-state index contributed by atoms with van der Waals surface area (Å²) in [7, 11) is 0. The standard InChI is InChI=1S/C16H15NO2/c18-16(19)13-7-9-14(10-8-13)17-11-3-5-12-4-1-2-6-15(12)17/h1-2,4,6-10H,3,5,11H2,(H,18,19). The summed E-state index contributed by atoms with van der Waals surface area (Å²) in [5.74, 6) is -0.884. The molecule has 19 heavy (non-hydrogen) atoms. The van der Waals surface area contributed by atoms with Crippen molar-refractivity contribution in [1.82, 2.24) is 0 Å². The first-order chi connectivity index (χ1) is 9.25. The van der Waals surface area contributed by atoms with Crippen molar-refractivity contribution in [2.24, 2.45) is 0 Å². The lowest BCUT2D eigenvalue weighted by atomic mass is 10.0. The molecule has 3 heteroatoms. The second-order valence-corrected chi connectivity index (χ2v) is 4.74. The molecule has 1 heterocycles. The molecular weight excluding hydrogens is 238 g/mol. The fourth-order valence-electron chi connectivity index (χ4n) is 2.59. The fraction of sp³-hybridized carbons (Fsp3) is 0.188. The third-order valence-electron chi connectivity index (χ3n) is 3.54. The molecule has 1 aliphatic heterocycles. The lowest BCUT2D eigenvalue weighted by Crippen LogP contribution is -2.24. The molecule has 0 unspecified atom stereocenters. The highest BCUT2D eigenvalue weighted by Crippen LogP contribution is 2.33. The number of para-hydroxylation sites is 1. The van der Waals surface area contributed by atoms with Crippen molar-refractivity contribution in [1.29, 1.82) is 0 Å². The molecule has 0 spiro atoms. The summed E-state index contributed by atoms with van der Waals surface area (Å²) in [5, 5.41) is 8.93. The Morgan fingerprint density at radius 3 is 2.53 bits per heavy atom. The van der Waals surface area contributed by atoms with Gasteiger partial charge in [-0.1, -0.05) is 18.2 Å². The first-order valence-corrected chi connectivity index (χ1v) is 6.44. The number of carboxylic acids is 1. The molecule has 0 bridgehead atoms. The molecular formula is C16H15NO2. The van der Waals surface area contributed by atoms with E-state index in [0.29, 0.717) is 5.56 Å². The van der Waals surface area contributed by atoms with Crippen molar-refractivity contribution < 1.29 is 9.90 Å². The number of fused-ring (bicyclic) bond motifs is 1. The molecule has 0 aromatic heterocycles. The molecule has 0 aliphatic carbocycles. The van der Waals surface area contributed by atoms with E-state index < -0.39 is 5.97 Å². The average molecular weight is 253 g/mol. The van der Waals surface area contributed by atoms with E-state index in [1.807, 2.05) is 18.2 Å². The summed E-state index contributed by atoms with van der Waals surface area (Å²) >= 11 is 0. The van der Waals surface area contributed by atoms with Crippen LogP contribution in [0.25, 0.3) is 0 Å². The minimum atomic E-state index is -0.884. The van der Waals surface area contributed by atoms with Crippen LogP contribution in [-0.4, -0.2) is 17.6 Å². The first-order valence-electron chi connectivity index (χ1n) is 6.44. The maximum atomic E-state index is 10.9. The van der Waals surface area contributed by atoms with Gasteiger partial charge in [-0.25, -0.2) is 4.79 Å². The molecule has 3 nitrogen and oxygen atoms in total. The number of nitrogens with zero attached hydrogens (tertiary/aromatic N) is 1. The third kappa shape index (κ3) is 2.19. The van der Waals surface area contributed by atoms with Crippen molar-refractivity contribution in [2.45, 2.75) is 12.8 Å². The van der Waals surface area contributed by atoms with E-state index in [1.54, 1.807) is 12.1 Å². The van der Waals surface area contributed by atoms with E-state index in [-0.39, 0.29) is 0 Å². The van der Waals surface area contributed by atoms with Crippen LogP contribution >= 0.6 is 0 Å². The molecule has 0 radical (unpaired) electrons. The van der Waals surface area contributed by atoms with E-state index in [1.165, 1.54) is 11.3 Å². The van der Waals surface area contributed by atoms with Crippen molar-refractivity contribution >= 4 is 17.3 Å². The van der Waals surface area contributed by atoms with E-state index in [2.05, 4.69) is 23.1 Å². The quantitative estimate of drug-likeness (QED) is 0.890. The van der Waals surface area contributed by atoms with Gasteiger partial charge in [0, 0.05) is 17.9 Å². The molecule has 1 aliphatic rings. The Morgan fingerprint density at radius 2 is 1.79 bits per heavy atom. The lowest BCUT2D eigenvalue weighted by Gasteiger charge is -2.31. The second kappa shape index (κ2) is 4.76. The topological polar surface area (TPSA) is 40.5 Å². The number of rotatable bonds is 2. The van der Waals surface area contributed by atoms with Gasteiger partial charge >= 0.3 is 5.97 Å². The van der Waals surface area contributed by atoms with E-state index >= 15 is 0 Å². The minimum absolute atomic E-state index is 0.328. The highest BCUT2D eigenvalue weighted by Gasteiger charge is 2.17. The molecule has 0 atom stereocenters. The summed E-state index contributed by atoms with van der Waals surface area (Å²) < 4.78 is 0. The molecule has 2 aromatic rings. The van der Waals surface area contributed by atoms with Crippen LogP contribution in [0, 0.1) is 0 Å². The molecule has 0 amide bonds. The molecule has 0 saturated heterocycles. The Hall–Kier alpha value is -2.29. The Balaban J connectivity index is 1.97. The van der Waals surface area contributed by atoms with Gasteiger partial charge in [-0.05, 0) is 48.7 Å². The predicted molar refractivity (Wildman–Crippen MR) is 75.2 cm³/mol. The van der Waals surface area contributed by atoms with Crippen LogP contribution in [0.4, 0.5) is 11.4 Å². The second-order valence-electron chi connectivity index (χ2n) is 4.74. The number of aromatic carboxylic acids is 1. The maximum Gasteiger partial charge on any atom is 0.335 e. The van der Waals surface area contributed by atoms with Gasteiger partial charge < -0.3 is 10.0 Å². The summed E-state index contributed by atoms with van der Waals surface area (Å²) in [6.45, 7) is 0.976. The van der Waals surface area contributed by atoms with Crippen LogP contribution in [0.2, 0.25) is 0 Å². The van der Waals surface area contributed by atoms with Crippen molar-refractivity contribution in [2.75, 3.05) is 11.4 Å². The highest BCUT2D eigenvalue weighted by atomic mass is 16.4. The van der Waals surface area contributed by atoms with Crippen LogP contribution in [-0.2, 0) is 6.42 Å². The van der Waals surface area contributed by atoms with Gasteiger partial charge in [0.1, 0.15) is 0 Å². The molecule has 96 valence electrons. The summed E-state index contributed by atoms with van der Waals surface area (Å²) in [5.41, 5.74) is 3.97. The van der Waals surface area contributed by atoms with Gasteiger partial charge in [-0.2, -0.15) is 0 Å². The SMILES string of the molecule is O=C(O)c1ccc(N2CCCc3ccccc32)cc1. The fourth-order valence-corrected chi connectivity index (χ4v) is 2.59. The smallest absolute Gasteiger partial charge is 0.335 e. The van der Waals surface area contributed by atoms with Gasteiger partial charge in [-0.3, -0.25) is 0 Å². The van der Waals surface area contributed by atoms with Crippen LogP contribution in [0.5, 0.6) is 0 Å². The summed E-state index contributed by atoms with van der Waals surface area (Å²) in [4.78, 5) is 13.1. The number of hydrogen-bond acceptors (Lipinski definition) is 2. The van der Waals surface area contributed by atoms with Crippen molar-refractivity contribution in [3.8, 4) is 0 Å². The van der Waals surface area contributed by atoms with E-state index in [4.69, 9.17) is 5.11 Å². The monoisotopic (exact) mass is 253 g/mol. The van der Waals surface area contributed by atoms with E-state index in [9.17, 15) is 4.79 Å². The highest BCUT2D eigenvalue weighted by molar-refractivity contribution is 5.88. The number of anilines is 2. The third-order valence-corrected chi connectivity index (χ3v) is 3.54. The maximum absolute atomic E-state index is 10.9. The summed E-state index contributed by atoms with van der Waals surface area (Å²) in [6.07, 6.45) is 2.23. The predicted octanol–water partition coefficient (Wildman–Crippen LogP) is 3.47. The van der Waals surface area contributed by atoms with Gasteiger partial charge in [0.15, 0.2) is 0 Å². The van der Waals surface area contributed by atoms with Gasteiger partial charge in [0.05, 0.1) is 5.56 Å². The zero-order chi connectivity index (χ0) is 13.2. The van der Waals surface area contributed by atoms with Crippen LogP contribution in [0.1, 0.15) is 22.3 Å². The number of benzene rings is 2. The molecule has 0 saturated carbocycles. The van der Waals surface area contributed by atoms with Gasteiger partial charge in [0.25, 0.3) is 0 Å². The van der Waals surface area contributed by atoms with Gasteiger partial charge in [0.2, 0.25) is 0 Å². The Kier molecular flexibility index (Phi) is 2.95. The number of aryl methyl sites for hydroxylation is 1.